The summed E-state index contributed by atoms with van der Waals surface area (Å²) in [4.78, 5) is 22.2. The van der Waals surface area contributed by atoms with Gasteiger partial charge in [0.25, 0.3) is 11.6 Å². The van der Waals surface area contributed by atoms with Crippen LogP contribution in [0.1, 0.15) is 28.9 Å². The SMILES string of the molecule is C[C@H](NC(=O)c1ccc([N+](=O)[O-])cc1)c1ccccc1Br. The fourth-order valence-corrected chi connectivity index (χ4v) is 2.55. The monoisotopic (exact) mass is 348 g/mol. The van der Waals surface area contributed by atoms with Crippen molar-refractivity contribution in [2.75, 3.05) is 0 Å². The highest BCUT2D eigenvalue weighted by Gasteiger charge is 2.14. The topological polar surface area (TPSA) is 72.2 Å². The second-order valence-corrected chi connectivity index (χ2v) is 5.37. The van der Waals surface area contributed by atoms with Crippen molar-refractivity contribution < 1.29 is 9.72 Å². The summed E-state index contributed by atoms with van der Waals surface area (Å²) in [5, 5.41) is 13.4. The molecule has 6 heteroatoms. The third-order valence-electron chi connectivity index (χ3n) is 3.06. The van der Waals surface area contributed by atoms with Crippen LogP contribution in [0.3, 0.4) is 0 Å². The van der Waals surface area contributed by atoms with Gasteiger partial charge in [0.2, 0.25) is 0 Å². The maximum absolute atomic E-state index is 12.1. The van der Waals surface area contributed by atoms with Crippen LogP contribution >= 0.6 is 15.9 Å². The third kappa shape index (κ3) is 3.66. The fourth-order valence-electron chi connectivity index (χ4n) is 1.92. The molecule has 5 nitrogen and oxygen atoms in total. The van der Waals surface area contributed by atoms with Crippen LogP contribution in [0.15, 0.2) is 53.0 Å². The van der Waals surface area contributed by atoms with Gasteiger partial charge in [0.1, 0.15) is 0 Å². The van der Waals surface area contributed by atoms with Crippen molar-refractivity contribution >= 4 is 27.5 Å². The number of benzene rings is 2. The quantitative estimate of drug-likeness (QED) is 0.673. The molecule has 0 radical (unpaired) electrons. The summed E-state index contributed by atoms with van der Waals surface area (Å²) < 4.78 is 0.918. The second kappa shape index (κ2) is 6.49. The van der Waals surface area contributed by atoms with E-state index < -0.39 is 4.92 Å². The summed E-state index contributed by atoms with van der Waals surface area (Å²) in [7, 11) is 0. The number of carbonyl (C=O) groups is 1. The van der Waals surface area contributed by atoms with E-state index in [0.717, 1.165) is 10.0 Å². The Hall–Kier alpha value is -2.21. The van der Waals surface area contributed by atoms with Crippen molar-refractivity contribution in [2.45, 2.75) is 13.0 Å². The number of nitrogens with one attached hydrogen (secondary N) is 1. The summed E-state index contributed by atoms with van der Waals surface area (Å²) >= 11 is 3.44. The Labute approximate surface area is 130 Å². The molecule has 0 unspecified atom stereocenters. The number of carbonyl (C=O) groups excluding carboxylic acids is 1. The van der Waals surface area contributed by atoms with Gasteiger partial charge in [-0.05, 0) is 30.7 Å². The zero-order valence-corrected chi connectivity index (χ0v) is 12.8. The van der Waals surface area contributed by atoms with Gasteiger partial charge in [-0.2, -0.15) is 0 Å². The maximum Gasteiger partial charge on any atom is 0.269 e. The summed E-state index contributed by atoms with van der Waals surface area (Å²) in [6.45, 7) is 1.88. The first-order valence-corrected chi connectivity index (χ1v) is 7.08. The van der Waals surface area contributed by atoms with Crippen molar-refractivity contribution in [3.05, 3.63) is 74.2 Å². The molecule has 1 atom stereocenters. The van der Waals surface area contributed by atoms with Crippen LogP contribution in [0, 0.1) is 10.1 Å². The second-order valence-electron chi connectivity index (χ2n) is 4.52. The Morgan fingerprint density at radius 2 is 1.81 bits per heavy atom. The minimum absolute atomic E-state index is 0.0367. The van der Waals surface area contributed by atoms with Crippen molar-refractivity contribution in [3.63, 3.8) is 0 Å². The van der Waals surface area contributed by atoms with Gasteiger partial charge in [0.05, 0.1) is 11.0 Å². The van der Waals surface area contributed by atoms with E-state index in [4.69, 9.17) is 0 Å². The number of rotatable bonds is 4. The molecule has 0 bridgehead atoms. The number of hydrogen-bond donors (Lipinski definition) is 1. The van der Waals surface area contributed by atoms with E-state index in [1.165, 1.54) is 24.3 Å². The largest absolute Gasteiger partial charge is 0.345 e. The summed E-state index contributed by atoms with van der Waals surface area (Å²) in [6.07, 6.45) is 0. The Bertz CT molecular complexity index is 671. The lowest BCUT2D eigenvalue weighted by Crippen LogP contribution is -2.26. The Morgan fingerprint density at radius 3 is 2.38 bits per heavy atom. The van der Waals surface area contributed by atoms with Gasteiger partial charge in [0, 0.05) is 22.2 Å². The molecule has 0 aliphatic heterocycles. The van der Waals surface area contributed by atoms with Crippen molar-refractivity contribution in [1.82, 2.24) is 5.32 Å². The average Bonchev–Trinajstić information content (AvgIpc) is 2.47. The molecule has 0 spiro atoms. The lowest BCUT2D eigenvalue weighted by atomic mass is 10.1. The minimum Gasteiger partial charge on any atom is -0.345 e. The van der Waals surface area contributed by atoms with Gasteiger partial charge in [-0.1, -0.05) is 34.1 Å². The molecule has 0 saturated heterocycles. The maximum atomic E-state index is 12.1. The molecule has 0 heterocycles. The van der Waals surface area contributed by atoms with E-state index in [0.29, 0.717) is 5.56 Å². The van der Waals surface area contributed by atoms with E-state index in [2.05, 4.69) is 21.2 Å². The molecular formula is C15H13BrN2O3. The molecule has 0 aliphatic carbocycles. The molecule has 0 aliphatic rings. The van der Waals surface area contributed by atoms with Crippen molar-refractivity contribution in [2.24, 2.45) is 0 Å². The Morgan fingerprint density at radius 1 is 1.19 bits per heavy atom. The predicted octanol–water partition coefficient (Wildman–Crippen LogP) is 3.85. The number of nitrogens with zero attached hydrogens (tertiary/aromatic N) is 1. The van der Waals surface area contributed by atoms with Gasteiger partial charge in [-0.15, -0.1) is 0 Å². The van der Waals surface area contributed by atoms with E-state index in [1.54, 1.807) is 0 Å². The number of nitro groups is 1. The number of non-ortho nitro benzene ring substituents is 1. The van der Waals surface area contributed by atoms with Gasteiger partial charge in [-0.3, -0.25) is 14.9 Å². The molecule has 1 amide bonds. The fraction of sp³-hybridized carbons (Fsp3) is 0.133. The van der Waals surface area contributed by atoms with Gasteiger partial charge in [0.15, 0.2) is 0 Å². The number of nitro benzene ring substituents is 1. The van der Waals surface area contributed by atoms with E-state index in [-0.39, 0.29) is 17.6 Å². The highest BCUT2D eigenvalue weighted by molar-refractivity contribution is 9.10. The standard InChI is InChI=1S/C15H13BrN2O3/c1-10(13-4-2-3-5-14(13)16)17-15(19)11-6-8-12(9-7-11)18(20)21/h2-10H,1H3,(H,17,19)/t10-/m0/s1. The van der Waals surface area contributed by atoms with Crippen LogP contribution in [0.4, 0.5) is 5.69 Å². The van der Waals surface area contributed by atoms with Gasteiger partial charge in [-0.25, -0.2) is 0 Å². The third-order valence-corrected chi connectivity index (χ3v) is 3.78. The number of halogens is 1. The molecule has 2 aromatic carbocycles. The molecule has 2 aromatic rings. The van der Waals surface area contributed by atoms with Crippen LogP contribution in [0.5, 0.6) is 0 Å². The molecule has 0 aromatic heterocycles. The Kier molecular flexibility index (Phi) is 4.70. The molecule has 108 valence electrons. The minimum atomic E-state index is -0.495. The molecule has 2 rings (SSSR count). The highest BCUT2D eigenvalue weighted by atomic mass is 79.9. The predicted molar refractivity (Wildman–Crippen MR) is 83.1 cm³/mol. The molecule has 0 fully saturated rings. The molecule has 21 heavy (non-hydrogen) atoms. The van der Waals surface area contributed by atoms with Crippen molar-refractivity contribution in [1.29, 1.82) is 0 Å². The van der Waals surface area contributed by atoms with E-state index in [9.17, 15) is 14.9 Å². The van der Waals surface area contributed by atoms with Crippen molar-refractivity contribution in [3.8, 4) is 0 Å². The molecule has 0 saturated carbocycles. The Balaban J connectivity index is 2.11. The lowest BCUT2D eigenvalue weighted by Gasteiger charge is -2.15. The summed E-state index contributed by atoms with van der Waals surface area (Å²) in [6, 6.07) is 13.0. The summed E-state index contributed by atoms with van der Waals surface area (Å²) in [5.74, 6) is -0.270. The first-order chi connectivity index (χ1) is 9.99. The highest BCUT2D eigenvalue weighted by Crippen LogP contribution is 2.23. The number of hydrogen-bond acceptors (Lipinski definition) is 3. The molecule has 1 N–H and O–H groups in total. The zero-order valence-electron chi connectivity index (χ0n) is 11.2. The van der Waals surface area contributed by atoms with Crippen LogP contribution in [0.2, 0.25) is 0 Å². The lowest BCUT2D eigenvalue weighted by molar-refractivity contribution is -0.384. The summed E-state index contributed by atoms with van der Waals surface area (Å²) in [5.41, 5.74) is 1.32. The zero-order chi connectivity index (χ0) is 15.4. The van der Waals surface area contributed by atoms with Gasteiger partial charge >= 0.3 is 0 Å². The van der Waals surface area contributed by atoms with E-state index in [1.807, 2.05) is 31.2 Å². The van der Waals surface area contributed by atoms with Crippen LogP contribution in [-0.2, 0) is 0 Å². The first kappa shape index (κ1) is 15.2. The van der Waals surface area contributed by atoms with Gasteiger partial charge < -0.3 is 5.32 Å². The van der Waals surface area contributed by atoms with E-state index >= 15 is 0 Å². The average molecular weight is 349 g/mol. The number of amides is 1. The molecular weight excluding hydrogens is 336 g/mol. The first-order valence-electron chi connectivity index (χ1n) is 6.29. The smallest absolute Gasteiger partial charge is 0.269 e. The van der Waals surface area contributed by atoms with Crippen LogP contribution < -0.4 is 5.32 Å². The normalized spacial score (nSPS) is 11.7. The van der Waals surface area contributed by atoms with Crippen LogP contribution in [0.25, 0.3) is 0 Å². The van der Waals surface area contributed by atoms with Crippen LogP contribution in [-0.4, -0.2) is 10.8 Å².